The third-order valence-corrected chi connectivity index (χ3v) is 5.08. The highest BCUT2D eigenvalue weighted by molar-refractivity contribution is 6.02. The van der Waals surface area contributed by atoms with Crippen LogP contribution in [-0.2, 0) is 16.1 Å². The van der Waals surface area contributed by atoms with Crippen LogP contribution in [0.15, 0.2) is 72.8 Å². The van der Waals surface area contributed by atoms with Crippen LogP contribution in [0.25, 0.3) is 6.08 Å². The first kappa shape index (κ1) is 24.6. The Hall–Kier alpha value is -4.06. The molecule has 0 saturated carbocycles. The molecule has 1 amide bonds. The van der Waals surface area contributed by atoms with E-state index in [1.165, 1.54) is 6.08 Å². The zero-order chi connectivity index (χ0) is 24.3. The summed E-state index contributed by atoms with van der Waals surface area (Å²) < 4.78 is 16.5. The average molecular weight is 460 g/mol. The Kier molecular flexibility index (Phi) is 8.86. The summed E-state index contributed by atoms with van der Waals surface area (Å²) in [6, 6.07) is 20.1. The Morgan fingerprint density at radius 1 is 0.971 bits per heavy atom. The highest BCUT2D eigenvalue weighted by atomic mass is 16.5. The van der Waals surface area contributed by atoms with Crippen molar-refractivity contribution in [2.45, 2.75) is 26.9 Å². The summed E-state index contributed by atoms with van der Waals surface area (Å²) in [7, 11) is 1.58. The lowest BCUT2D eigenvalue weighted by molar-refractivity contribution is -0.111. The standard InChI is InChI=1S/C28H29NO5/c1-4-17-33-28(31)22-11-13-24(14-12-22)29-27(30)16-10-21-9-15-25(26(18-21)32-3)34-19-23-8-6-5-7-20(23)2/h5-16,18H,4,17,19H2,1-3H3,(H,29,30)/b16-10+. The zero-order valence-corrected chi connectivity index (χ0v) is 19.7. The Bertz CT molecular complexity index is 1150. The van der Waals surface area contributed by atoms with Crippen molar-refractivity contribution in [3.8, 4) is 11.5 Å². The third-order valence-electron chi connectivity index (χ3n) is 5.08. The van der Waals surface area contributed by atoms with Gasteiger partial charge in [0.15, 0.2) is 11.5 Å². The van der Waals surface area contributed by atoms with Gasteiger partial charge in [0.1, 0.15) is 6.61 Å². The predicted molar refractivity (Wildman–Crippen MR) is 133 cm³/mol. The van der Waals surface area contributed by atoms with Crippen molar-refractivity contribution in [2.24, 2.45) is 0 Å². The smallest absolute Gasteiger partial charge is 0.338 e. The molecule has 0 heterocycles. The topological polar surface area (TPSA) is 73.9 Å². The lowest BCUT2D eigenvalue weighted by Gasteiger charge is -2.12. The lowest BCUT2D eigenvalue weighted by Crippen LogP contribution is -2.09. The van der Waals surface area contributed by atoms with Crippen LogP contribution in [0.5, 0.6) is 11.5 Å². The quantitative estimate of drug-likeness (QED) is 0.306. The van der Waals surface area contributed by atoms with Gasteiger partial charge in [0.2, 0.25) is 5.91 Å². The molecule has 0 aliphatic rings. The molecule has 0 unspecified atom stereocenters. The number of benzene rings is 3. The second-order valence-corrected chi connectivity index (χ2v) is 7.66. The number of aryl methyl sites for hydroxylation is 1. The summed E-state index contributed by atoms with van der Waals surface area (Å²) in [5.41, 5.74) is 4.09. The van der Waals surface area contributed by atoms with Crippen LogP contribution < -0.4 is 14.8 Å². The molecule has 3 aromatic carbocycles. The van der Waals surface area contributed by atoms with Crippen molar-refractivity contribution in [2.75, 3.05) is 19.0 Å². The summed E-state index contributed by atoms with van der Waals surface area (Å²) in [6.07, 6.45) is 3.90. The van der Waals surface area contributed by atoms with E-state index in [1.807, 2.05) is 56.3 Å². The number of carbonyl (C=O) groups is 2. The first-order chi connectivity index (χ1) is 16.5. The molecule has 0 saturated heterocycles. The molecular weight excluding hydrogens is 430 g/mol. The van der Waals surface area contributed by atoms with Crippen LogP contribution >= 0.6 is 0 Å². The average Bonchev–Trinajstić information content (AvgIpc) is 2.86. The number of nitrogens with one attached hydrogen (secondary N) is 1. The Morgan fingerprint density at radius 3 is 2.44 bits per heavy atom. The summed E-state index contributed by atoms with van der Waals surface area (Å²) in [4.78, 5) is 24.2. The van der Waals surface area contributed by atoms with Gasteiger partial charge in [-0.3, -0.25) is 4.79 Å². The van der Waals surface area contributed by atoms with Crippen molar-refractivity contribution in [1.29, 1.82) is 0 Å². The number of anilines is 1. The van der Waals surface area contributed by atoms with Crippen molar-refractivity contribution < 1.29 is 23.8 Å². The Labute approximate surface area is 200 Å². The summed E-state index contributed by atoms with van der Waals surface area (Å²) in [6.45, 7) is 4.80. The number of ether oxygens (including phenoxy) is 3. The number of methoxy groups -OCH3 is 1. The first-order valence-electron chi connectivity index (χ1n) is 11.1. The van der Waals surface area contributed by atoms with Crippen molar-refractivity contribution in [3.05, 3.63) is 95.1 Å². The molecule has 0 aliphatic carbocycles. The molecule has 0 fully saturated rings. The van der Waals surface area contributed by atoms with Gasteiger partial charge in [0.25, 0.3) is 0 Å². The van der Waals surface area contributed by atoms with Crippen LogP contribution in [0.3, 0.4) is 0 Å². The maximum Gasteiger partial charge on any atom is 0.338 e. The SMILES string of the molecule is CCCOC(=O)c1ccc(NC(=O)/C=C/c2ccc(OCc3ccccc3C)c(OC)c2)cc1. The van der Waals surface area contributed by atoms with Gasteiger partial charge in [-0.05, 0) is 72.5 Å². The first-order valence-corrected chi connectivity index (χ1v) is 11.1. The number of esters is 1. The van der Waals surface area contributed by atoms with Crippen LogP contribution in [-0.4, -0.2) is 25.6 Å². The van der Waals surface area contributed by atoms with Crippen LogP contribution in [0, 0.1) is 6.92 Å². The molecule has 1 N–H and O–H groups in total. The highest BCUT2D eigenvalue weighted by Gasteiger charge is 2.08. The monoisotopic (exact) mass is 459 g/mol. The van der Waals surface area contributed by atoms with E-state index in [0.717, 1.165) is 23.1 Å². The van der Waals surface area contributed by atoms with E-state index in [1.54, 1.807) is 37.5 Å². The number of hydrogen-bond acceptors (Lipinski definition) is 5. The maximum absolute atomic E-state index is 12.3. The van der Waals surface area contributed by atoms with E-state index in [-0.39, 0.29) is 11.9 Å². The minimum Gasteiger partial charge on any atom is -0.493 e. The second kappa shape index (κ2) is 12.3. The molecule has 0 aromatic heterocycles. The number of hydrogen-bond donors (Lipinski definition) is 1. The molecule has 0 bridgehead atoms. The van der Waals surface area contributed by atoms with Gasteiger partial charge in [0.05, 0.1) is 19.3 Å². The molecular formula is C28H29NO5. The zero-order valence-electron chi connectivity index (χ0n) is 19.7. The predicted octanol–water partition coefficient (Wildman–Crippen LogP) is 5.80. The molecule has 0 radical (unpaired) electrons. The van der Waals surface area contributed by atoms with Gasteiger partial charge < -0.3 is 19.5 Å². The number of carbonyl (C=O) groups excluding carboxylic acids is 2. The normalized spacial score (nSPS) is 10.7. The fourth-order valence-corrected chi connectivity index (χ4v) is 3.16. The molecule has 34 heavy (non-hydrogen) atoms. The fraction of sp³-hybridized carbons (Fsp3) is 0.214. The van der Waals surface area contributed by atoms with Gasteiger partial charge in [-0.1, -0.05) is 37.3 Å². The van der Waals surface area contributed by atoms with Crippen LogP contribution in [0.2, 0.25) is 0 Å². The van der Waals surface area contributed by atoms with Crippen molar-refractivity contribution >= 4 is 23.6 Å². The minimum absolute atomic E-state index is 0.292. The van der Waals surface area contributed by atoms with Gasteiger partial charge >= 0.3 is 5.97 Å². The number of rotatable bonds is 10. The van der Waals surface area contributed by atoms with Crippen LogP contribution in [0.4, 0.5) is 5.69 Å². The van der Waals surface area contributed by atoms with Gasteiger partial charge in [-0.2, -0.15) is 0 Å². The van der Waals surface area contributed by atoms with E-state index in [2.05, 4.69) is 5.32 Å². The molecule has 176 valence electrons. The molecule has 0 aliphatic heterocycles. The highest BCUT2D eigenvalue weighted by Crippen LogP contribution is 2.29. The minimum atomic E-state index is -0.375. The molecule has 6 heteroatoms. The van der Waals surface area contributed by atoms with Gasteiger partial charge in [-0.15, -0.1) is 0 Å². The number of amides is 1. The maximum atomic E-state index is 12.3. The molecule has 6 nitrogen and oxygen atoms in total. The van der Waals surface area contributed by atoms with Crippen molar-refractivity contribution in [1.82, 2.24) is 0 Å². The summed E-state index contributed by atoms with van der Waals surface area (Å²) >= 11 is 0. The van der Waals surface area contributed by atoms with E-state index >= 15 is 0 Å². The van der Waals surface area contributed by atoms with Crippen molar-refractivity contribution in [3.63, 3.8) is 0 Å². The van der Waals surface area contributed by atoms with E-state index in [4.69, 9.17) is 14.2 Å². The summed E-state index contributed by atoms with van der Waals surface area (Å²) in [5.74, 6) is 0.548. The molecule has 0 spiro atoms. The second-order valence-electron chi connectivity index (χ2n) is 7.66. The third kappa shape index (κ3) is 6.97. The Morgan fingerprint density at radius 2 is 1.74 bits per heavy atom. The molecule has 3 aromatic rings. The van der Waals surface area contributed by atoms with Gasteiger partial charge in [-0.25, -0.2) is 4.79 Å². The molecule has 3 rings (SSSR count). The molecule has 0 atom stereocenters. The largest absolute Gasteiger partial charge is 0.493 e. The Balaban J connectivity index is 1.58. The van der Waals surface area contributed by atoms with E-state index in [0.29, 0.717) is 36.0 Å². The van der Waals surface area contributed by atoms with Gasteiger partial charge in [0, 0.05) is 11.8 Å². The fourth-order valence-electron chi connectivity index (χ4n) is 3.16. The lowest BCUT2D eigenvalue weighted by atomic mass is 10.1. The van der Waals surface area contributed by atoms with Crippen LogP contribution in [0.1, 0.15) is 40.4 Å². The summed E-state index contributed by atoms with van der Waals surface area (Å²) in [5, 5.41) is 2.77. The van der Waals surface area contributed by atoms with E-state index in [9.17, 15) is 9.59 Å². The van der Waals surface area contributed by atoms with E-state index < -0.39 is 0 Å².